The molecule has 1 aliphatic rings. The monoisotopic (exact) mass is 603 g/mol. The number of methoxy groups -OCH3 is 1. The lowest BCUT2D eigenvalue weighted by molar-refractivity contribution is -0.161. The molecule has 0 saturated heterocycles. The molecule has 1 unspecified atom stereocenters. The Morgan fingerprint density at radius 3 is 2.61 bits per heavy atom. The second kappa shape index (κ2) is 14.9. The molecule has 0 aliphatic heterocycles. The summed E-state index contributed by atoms with van der Waals surface area (Å²) < 4.78 is 33.4. The maximum Gasteiger partial charge on any atom is 0.411 e. The van der Waals surface area contributed by atoms with Gasteiger partial charge in [-0.3, -0.25) is 5.32 Å². The van der Waals surface area contributed by atoms with Crippen LogP contribution in [0.15, 0.2) is 75.9 Å². The Morgan fingerprint density at radius 2 is 1.86 bits per heavy atom. The largest absolute Gasteiger partial charge is 0.506 e. The summed E-state index contributed by atoms with van der Waals surface area (Å²) in [4.78, 5) is 25.7. The summed E-state index contributed by atoms with van der Waals surface area (Å²) in [5.74, 6) is 0.771. The summed E-state index contributed by atoms with van der Waals surface area (Å²) in [5.41, 5.74) is 1.97. The molecule has 1 aromatic heterocycles. The third-order valence-corrected chi connectivity index (χ3v) is 7.18. The van der Waals surface area contributed by atoms with Crippen LogP contribution in [-0.2, 0) is 32.0 Å². The number of anilines is 1. The Balaban J connectivity index is 1.39. The van der Waals surface area contributed by atoms with E-state index in [0.717, 1.165) is 24.0 Å². The molecule has 1 amide bonds. The molecule has 10 heteroatoms. The Bertz CT molecular complexity index is 1610. The third kappa shape index (κ3) is 8.16. The number of amides is 1. The van der Waals surface area contributed by atoms with Gasteiger partial charge in [-0.1, -0.05) is 42.5 Å². The van der Waals surface area contributed by atoms with Gasteiger partial charge in [0.15, 0.2) is 6.29 Å². The van der Waals surface area contributed by atoms with Crippen LogP contribution in [-0.4, -0.2) is 51.0 Å². The van der Waals surface area contributed by atoms with E-state index in [1.807, 2.05) is 43.3 Å². The SMILES string of the molecule is CCOC(COc1cc(CC2CC2)c2c(O)c(-c3cccc(NC(=O)OCc4ccccc4)c3)c(=O)oc2c1)OCCOC. The predicted octanol–water partition coefficient (Wildman–Crippen LogP) is 6.27. The van der Waals surface area contributed by atoms with Gasteiger partial charge < -0.3 is 33.2 Å². The van der Waals surface area contributed by atoms with Gasteiger partial charge >= 0.3 is 11.7 Å². The summed E-state index contributed by atoms with van der Waals surface area (Å²) in [6.07, 6.45) is 1.63. The molecule has 2 N–H and O–H groups in total. The van der Waals surface area contributed by atoms with Crippen LogP contribution in [0, 0.1) is 5.92 Å². The summed E-state index contributed by atoms with van der Waals surface area (Å²) in [7, 11) is 1.60. The number of benzene rings is 3. The number of hydrogen-bond donors (Lipinski definition) is 2. The average Bonchev–Trinajstić information content (AvgIpc) is 3.83. The maximum atomic E-state index is 13.3. The molecular formula is C34H37NO9. The van der Waals surface area contributed by atoms with E-state index in [9.17, 15) is 14.7 Å². The van der Waals surface area contributed by atoms with Crippen LogP contribution < -0.4 is 15.7 Å². The molecule has 1 aliphatic carbocycles. The first-order valence-electron chi connectivity index (χ1n) is 14.7. The molecular weight excluding hydrogens is 566 g/mol. The van der Waals surface area contributed by atoms with Gasteiger partial charge in [0.2, 0.25) is 0 Å². The fourth-order valence-corrected chi connectivity index (χ4v) is 4.89. The highest BCUT2D eigenvalue weighted by Gasteiger charge is 2.26. The molecule has 0 radical (unpaired) electrons. The lowest BCUT2D eigenvalue weighted by Crippen LogP contribution is -2.26. The summed E-state index contributed by atoms with van der Waals surface area (Å²) in [6.45, 7) is 3.33. The van der Waals surface area contributed by atoms with E-state index in [1.165, 1.54) is 0 Å². The minimum Gasteiger partial charge on any atom is -0.506 e. The number of carbonyl (C=O) groups excluding carboxylic acids is 1. The normalized spacial score (nSPS) is 13.5. The van der Waals surface area contributed by atoms with E-state index in [1.54, 1.807) is 37.4 Å². The number of aromatic hydroxyl groups is 1. The second-order valence-corrected chi connectivity index (χ2v) is 10.5. The van der Waals surface area contributed by atoms with Crippen molar-refractivity contribution in [3.05, 3.63) is 88.3 Å². The molecule has 4 aromatic rings. The highest BCUT2D eigenvalue weighted by molar-refractivity contribution is 5.94. The number of hydrogen-bond acceptors (Lipinski definition) is 9. The number of rotatable bonds is 15. The first-order chi connectivity index (χ1) is 21.4. The molecule has 1 atom stereocenters. The van der Waals surface area contributed by atoms with E-state index in [-0.39, 0.29) is 30.1 Å². The molecule has 0 spiro atoms. The van der Waals surface area contributed by atoms with Gasteiger partial charge in [-0.25, -0.2) is 9.59 Å². The zero-order chi connectivity index (χ0) is 30.9. The van der Waals surface area contributed by atoms with Crippen LogP contribution in [0.2, 0.25) is 0 Å². The van der Waals surface area contributed by atoms with Gasteiger partial charge in [-0.2, -0.15) is 0 Å². The van der Waals surface area contributed by atoms with Gasteiger partial charge in [0.05, 0.1) is 18.6 Å². The first kappa shape index (κ1) is 31.1. The van der Waals surface area contributed by atoms with Crippen molar-refractivity contribution in [2.45, 2.75) is 39.1 Å². The van der Waals surface area contributed by atoms with Gasteiger partial charge in [0.1, 0.15) is 35.9 Å². The van der Waals surface area contributed by atoms with E-state index < -0.39 is 18.0 Å². The number of carbonyl (C=O) groups is 1. The van der Waals surface area contributed by atoms with Crippen LogP contribution in [0.4, 0.5) is 10.5 Å². The minimum absolute atomic E-state index is 0.00692. The molecule has 10 nitrogen and oxygen atoms in total. The van der Waals surface area contributed by atoms with E-state index in [0.29, 0.717) is 54.5 Å². The summed E-state index contributed by atoms with van der Waals surface area (Å²) in [6, 6.07) is 19.4. The number of ether oxygens (including phenoxy) is 5. The average molecular weight is 604 g/mol. The van der Waals surface area contributed by atoms with Gasteiger partial charge in [-0.15, -0.1) is 0 Å². The quantitative estimate of drug-likeness (QED) is 0.0918. The fraction of sp³-hybridized carbons (Fsp3) is 0.353. The highest BCUT2D eigenvalue weighted by Crippen LogP contribution is 2.41. The van der Waals surface area contributed by atoms with Crippen molar-refractivity contribution < 1.29 is 38.0 Å². The van der Waals surface area contributed by atoms with Crippen molar-refractivity contribution in [1.29, 1.82) is 0 Å². The second-order valence-electron chi connectivity index (χ2n) is 10.5. The van der Waals surface area contributed by atoms with Gasteiger partial charge in [0.25, 0.3) is 0 Å². The van der Waals surface area contributed by atoms with Crippen LogP contribution in [0.25, 0.3) is 22.1 Å². The number of nitrogens with one attached hydrogen (secondary N) is 1. The Labute approximate surface area is 255 Å². The lowest BCUT2D eigenvalue weighted by Gasteiger charge is -2.19. The van der Waals surface area contributed by atoms with Crippen molar-refractivity contribution in [1.82, 2.24) is 0 Å². The zero-order valence-corrected chi connectivity index (χ0v) is 24.9. The summed E-state index contributed by atoms with van der Waals surface area (Å²) in [5, 5.41) is 14.7. The van der Waals surface area contributed by atoms with Crippen LogP contribution in [0.1, 0.15) is 30.9 Å². The third-order valence-electron chi connectivity index (χ3n) is 7.18. The van der Waals surface area contributed by atoms with E-state index in [4.69, 9.17) is 28.1 Å². The standard InChI is InChI=1S/C34H37NO9/c1-3-40-29(41-15-14-39-2)21-42-27-18-25(16-22-12-13-22)30-28(19-27)44-33(37)31(32(30)36)24-10-7-11-26(17-24)35-34(38)43-20-23-8-5-4-6-9-23/h4-11,17-19,22,29,36H,3,12-16,20-21H2,1-2H3,(H,35,38). The highest BCUT2D eigenvalue weighted by atomic mass is 16.7. The van der Waals surface area contributed by atoms with Crippen molar-refractivity contribution in [2.24, 2.45) is 5.92 Å². The topological polar surface area (TPSA) is 126 Å². The maximum absolute atomic E-state index is 13.3. The van der Waals surface area contributed by atoms with E-state index in [2.05, 4.69) is 5.32 Å². The zero-order valence-electron chi connectivity index (χ0n) is 24.9. The molecule has 3 aromatic carbocycles. The molecule has 1 saturated carbocycles. The Hall–Kier alpha value is -4.38. The Morgan fingerprint density at radius 1 is 1.05 bits per heavy atom. The first-order valence-corrected chi connectivity index (χ1v) is 14.7. The lowest BCUT2D eigenvalue weighted by atomic mass is 9.98. The minimum atomic E-state index is -0.719. The van der Waals surface area contributed by atoms with Crippen molar-refractivity contribution in [3.63, 3.8) is 0 Å². The van der Waals surface area contributed by atoms with E-state index >= 15 is 0 Å². The van der Waals surface area contributed by atoms with Crippen LogP contribution in [0.5, 0.6) is 11.5 Å². The smallest absolute Gasteiger partial charge is 0.411 e. The van der Waals surface area contributed by atoms with Crippen molar-refractivity contribution in [3.8, 4) is 22.6 Å². The molecule has 232 valence electrons. The van der Waals surface area contributed by atoms with Crippen molar-refractivity contribution >= 4 is 22.7 Å². The van der Waals surface area contributed by atoms with Crippen molar-refractivity contribution in [2.75, 3.05) is 38.9 Å². The molecule has 1 fully saturated rings. The number of fused-ring (bicyclic) bond motifs is 1. The molecule has 44 heavy (non-hydrogen) atoms. The van der Waals surface area contributed by atoms with Crippen LogP contribution >= 0.6 is 0 Å². The molecule has 0 bridgehead atoms. The fourth-order valence-electron chi connectivity index (χ4n) is 4.89. The molecule has 1 heterocycles. The van der Waals surface area contributed by atoms with Gasteiger partial charge in [0, 0.05) is 25.5 Å². The van der Waals surface area contributed by atoms with Gasteiger partial charge in [-0.05, 0) is 67.0 Å². The molecule has 5 rings (SSSR count). The Kier molecular flexibility index (Phi) is 10.5. The summed E-state index contributed by atoms with van der Waals surface area (Å²) >= 11 is 0. The predicted molar refractivity (Wildman–Crippen MR) is 165 cm³/mol. The van der Waals surface area contributed by atoms with Crippen LogP contribution in [0.3, 0.4) is 0 Å².